The number of phenols is 2. The fraction of sp³-hybridized carbons (Fsp3) is 0.481. The fourth-order valence-electron chi connectivity index (χ4n) is 3.30. The van der Waals surface area contributed by atoms with E-state index < -0.39 is 0 Å². The van der Waals surface area contributed by atoms with Crippen LogP contribution < -0.4 is 0 Å². The predicted molar refractivity (Wildman–Crippen MR) is 127 cm³/mol. The Morgan fingerprint density at radius 2 is 1.38 bits per heavy atom. The molecule has 29 heavy (non-hydrogen) atoms. The molecule has 1 rings (SSSR count). The molecule has 160 valence electrons. The Balaban J connectivity index is 2.91. The van der Waals surface area contributed by atoms with Crippen LogP contribution in [0.15, 0.2) is 58.7 Å². The van der Waals surface area contributed by atoms with Crippen LogP contribution >= 0.6 is 0 Å². The third-order valence-corrected chi connectivity index (χ3v) is 5.27. The maximum atomic E-state index is 10.2. The summed E-state index contributed by atoms with van der Waals surface area (Å²) in [6, 6.07) is 3.41. The van der Waals surface area contributed by atoms with E-state index in [9.17, 15) is 10.2 Å². The third kappa shape index (κ3) is 9.69. The molecule has 0 amide bonds. The molecule has 2 heteroatoms. The van der Waals surface area contributed by atoms with E-state index in [-0.39, 0.29) is 11.5 Å². The molecule has 1 atom stereocenters. The minimum Gasteiger partial charge on any atom is -0.508 e. The van der Waals surface area contributed by atoms with Gasteiger partial charge in [-0.05, 0) is 104 Å². The summed E-state index contributed by atoms with van der Waals surface area (Å²) in [5.41, 5.74) is 6.91. The first-order chi connectivity index (χ1) is 13.6. The van der Waals surface area contributed by atoms with Crippen molar-refractivity contribution in [3.63, 3.8) is 0 Å². The number of benzene rings is 1. The quantitative estimate of drug-likeness (QED) is 0.394. The summed E-state index contributed by atoms with van der Waals surface area (Å²) in [5, 5.41) is 20.4. The van der Waals surface area contributed by atoms with Crippen LogP contribution in [0.4, 0.5) is 0 Å². The zero-order chi connectivity index (χ0) is 22.0. The molecule has 0 radical (unpaired) electrons. The Morgan fingerprint density at radius 3 is 1.93 bits per heavy atom. The summed E-state index contributed by atoms with van der Waals surface area (Å²) in [6.45, 7) is 14.8. The molecule has 0 fully saturated rings. The van der Waals surface area contributed by atoms with Gasteiger partial charge in [0.2, 0.25) is 0 Å². The lowest BCUT2D eigenvalue weighted by Gasteiger charge is -2.16. The van der Waals surface area contributed by atoms with E-state index in [1.165, 1.54) is 22.3 Å². The molecule has 0 spiro atoms. The molecule has 0 saturated heterocycles. The first-order valence-corrected chi connectivity index (χ1v) is 10.7. The maximum Gasteiger partial charge on any atom is 0.123 e. The summed E-state index contributed by atoms with van der Waals surface area (Å²) < 4.78 is 0. The molecule has 0 saturated carbocycles. The predicted octanol–water partition coefficient (Wildman–Crippen LogP) is 7.95. The van der Waals surface area contributed by atoms with Gasteiger partial charge in [-0.3, -0.25) is 0 Å². The van der Waals surface area contributed by atoms with Gasteiger partial charge in [0.05, 0.1) is 0 Å². The molecular formula is C27H40O2. The fourth-order valence-corrected chi connectivity index (χ4v) is 3.30. The molecule has 0 aliphatic carbocycles. The van der Waals surface area contributed by atoms with Crippen molar-refractivity contribution in [1.82, 2.24) is 0 Å². The van der Waals surface area contributed by atoms with Crippen molar-refractivity contribution in [1.29, 1.82) is 0 Å². The standard InChI is InChI=1S/C27H40O2/c1-19(2)9-8-10-21(5)12-15-24(14-11-20(3)4)23(7)13-16-25-26(28)17-22(6)18-27(25)29/h9,11-13,17-18,24,28-29H,8,10,14-16H2,1-7H3/b21-12+,23-13+. The Hall–Kier alpha value is -2.22. The van der Waals surface area contributed by atoms with Gasteiger partial charge in [-0.1, -0.05) is 46.6 Å². The number of phenolic OH excluding ortho intramolecular Hbond substituents is 2. The minimum atomic E-state index is 0.169. The molecule has 1 unspecified atom stereocenters. The highest BCUT2D eigenvalue weighted by molar-refractivity contribution is 5.47. The average Bonchev–Trinajstić information content (AvgIpc) is 2.60. The molecule has 1 aromatic carbocycles. The van der Waals surface area contributed by atoms with E-state index in [0.29, 0.717) is 17.9 Å². The van der Waals surface area contributed by atoms with Crippen LogP contribution in [-0.2, 0) is 6.42 Å². The molecule has 0 aliphatic rings. The number of rotatable bonds is 10. The van der Waals surface area contributed by atoms with Crippen LogP contribution in [0.5, 0.6) is 11.5 Å². The zero-order valence-electron chi connectivity index (χ0n) is 19.5. The number of aryl methyl sites for hydroxylation is 1. The monoisotopic (exact) mass is 396 g/mol. The van der Waals surface area contributed by atoms with Gasteiger partial charge in [-0.2, -0.15) is 0 Å². The van der Waals surface area contributed by atoms with Crippen LogP contribution in [0.2, 0.25) is 0 Å². The summed E-state index contributed by atoms with van der Waals surface area (Å²) in [6.07, 6.45) is 13.9. The first kappa shape index (κ1) is 24.8. The van der Waals surface area contributed by atoms with E-state index in [4.69, 9.17) is 0 Å². The Morgan fingerprint density at radius 1 is 0.828 bits per heavy atom. The van der Waals surface area contributed by atoms with Gasteiger partial charge in [0, 0.05) is 5.56 Å². The number of hydrogen-bond donors (Lipinski definition) is 2. The average molecular weight is 397 g/mol. The number of aromatic hydroxyl groups is 2. The third-order valence-electron chi connectivity index (χ3n) is 5.27. The second-order valence-electron chi connectivity index (χ2n) is 8.75. The zero-order valence-corrected chi connectivity index (χ0v) is 19.5. The normalized spacial score (nSPS) is 13.2. The lowest BCUT2D eigenvalue weighted by molar-refractivity contribution is 0.440. The van der Waals surface area contributed by atoms with E-state index in [2.05, 4.69) is 65.8 Å². The Labute approximate surface area is 178 Å². The highest BCUT2D eigenvalue weighted by Crippen LogP contribution is 2.30. The Bertz CT molecular complexity index is 760. The molecular weight excluding hydrogens is 356 g/mol. The van der Waals surface area contributed by atoms with Crippen molar-refractivity contribution in [2.45, 2.75) is 80.6 Å². The number of allylic oxidation sites excluding steroid dienone is 8. The van der Waals surface area contributed by atoms with Crippen LogP contribution in [0, 0.1) is 12.8 Å². The van der Waals surface area contributed by atoms with Gasteiger partial charge in [-0.25, -0.2) is 0 Å². The summed E-state index contributed by atoms with van der Waals surface area (Å²) in [4.78, 5) is 0. The molecule has 0 aromatic heterocycles. The first-order valence-electron chi connectivity index (χ1n) is 10.7. The van der Waals surface area contributed by atoms with Crippen molar-refractivity contribution >= 4 is 0 Å². The Kier molecular flexibility index (Phi) is 10.6. The molecule has 0 heterocycles. The molecule has 0 aliphatic heterocycles. The second-order valence-corrected chi connectivity index (χ2v) is 8.75. The van der Waals surface area contributed by atoms with E-state index in [1.54, 1.807) is 12.1 Å². The van der Waals surface area contributed by atoms with Crippen molar-refractivity contribution in [3.8, 4) is 11.5 Å². The van der Waals surface area contributed by atoms with E-state index in [1.807, 2.05) is 6.92 Å². The van der Waals surface area contributed by atoms with Crippen molar-refractivity contribution in [2.24, 2.45) is 5.92 Å². The molecule has 1 aromatic rings. The van der Waals surface area contributed by atoms with Crippen LogP contribution in [-0.4, -0.2) is 10.2 Å². The van der Waals surface area contributed by atoms with Crippen LogP contribution in [0.3, 0.4) is 0 Å². The van der Waals surface area contributed by atoms with Crippen LogP contribution in [0.1, 0.15) is 78.4 Å². The van der Waals surface area contributed by atoms with Gasteiger partial charge >= 0.3 is 0 Å². The maximum absolute atomic E-state index is 10.2. The van der Waals surface area contributed by atoms with Gasteiger partial charge in [0.15, 0.2) is 0 Å². The van der Waals surface area contributed by atoms with Crippen molar-refractivity contribution in [3.05, 3.63) is 69.9 Å². The molecule has 2 nitrogen and oxygen atoms in total. The van der Waals surface area contributed by atoms with Gasteiger partial charge in [0.25, 0.3) is 0 Å². The lowest BCUT2D eigenvalue weighted by Crippen LogP contribution is -2.01. The molecule has 0 bridgehead atoms. The van der Waals surface area contributed by atoms with Gasteiger partial charge in [0.1, 0.15) is 11.5 Å². The van der Waals surface area contributed by atoms with Crippen molar-refractivity contribution in [2.75, 3.05) is 0 Å². The van der Waals surface area contributed by atoms with Gasteiger partial charge in [-0.15, -0.1) is 0 Å². The summed E-state index contributed by atoms with van der Waals surface area (Å²) >= 11 is 0. The number of hydrogen-bond acceptors (Lipinski definition) is 2. The highest BCUT2D eigenvalue weighted by atomic mass is 16.3. The summed E-state index contributed by atoms with van der Waals surface area (Å²) in [7, 11) is 0. The topological polar surface area (TPSA) is 40.5 Å². The van der Waals surface area contributed by atoms with E-state index >= 15 is 0 Å². The van der Waals surface area contributed by atoms with E-state index in [0.717, 1.165) is 31.2 Å². The molecule has 2 N–H and O–H groups in total. The van der Waals surface area contributed by atoms with Crippen molar-refractivity contribution < 1.29 is 10.2 Å². The highest BCUT2D eigenvalue weighted by Gasteiger charge is 2.11. The smallest absolute Gasteiger partial charge is 0.123 e. The largest absolute Gasteiger partial charge is 0.508 e. The second kappa shape index (κ2) is 12.4. The minimum absolute atomic E-state index is 0.169. The summed E-state index contributed by atoms with van der Waals surface area (Å²) in [5.74, 6) is 0.767. The lowest BCUT2D eigenvalue weighted by atomic mass is 9.90. The SMILES string of the molecule is CC(C)=CCC/C(C)=C/CC(CC=C(C)C)/C(C)=C/Cc1c(O)cc(C)cc1O. The van der Waals surface area contributed by atoms with Gasteiger partial charge < -0.3 is 10.2 Å². The van der Waals surface area contributed by atoms with Crippen LogP contribution in [0.25, 0.3) is 0 Å².